The second-order valence-electron chi connectivity index (χ2n) is 6.07. The first-order valence-electron chi connectivity index (χ1n) is 8.34. The molecule has 2 aromatic rings. The van der Waals surface area contributed by atoms with Gasteiger partial charge in [-0.2, -0.15) is 0 Å². The molecule has 6 heteroatoms. The minimum Gasteiger partial charge on any atom is -0.450 e. The van der Waals surface area contributed by atoms with Gasteiger partial charge in [0.05, 0.1) is 6.61 Å². The Bertz CT molecular complexity index is 792. The van der Waals surface area contributed by atoms with E-state index in [9.17, 15) is 9.59 Å². The van der Waals surface area contributed by atoms with E-state index in [-0.39, 0.29) is 11.5 Å². The van der Waals surface area contributed by atoms with Gasteiger partial charge in [-0.1, -0.05) is 12.1 Å². The number of amides is 1. The van der Waals surface area contributed by atoms with Crippen molar-refractivity contribution < 1.29 is 9.53 Å². The zero-order valence-corrected chi connectivity index (χ0v) is 14.2. The fourth-order valence-corrected chi connectivity index (χ4v) is 3.07. The molecule has 1 N–H and O–H groups in total. The van der Waals surface area contributed by atoms with Crippen LogP contribution in [0.25, 0.3) is 10.9 Å². The Morgan fingerprint density at radius 1 is 1.21 bits per heavy atom. The number of hydrogen-bond acceptors (Lipinski definition) is 4. The predicted molar refractivity (Wildman–Crippen MR) is 93.2 cm³/mol. The molecule has 2 heterocycles. The summed E-state index contributed by atoms with van der Waals surface area (Å²) in [7, 11) is 0. The van der Waals surface area contributed by atoms with E-state index in [1.807, 2.05) is 38.1 Å². The van der Waals surface area contributed by atoms with Crippen molar-refractivity contribution in [2.24, 2.45) is 0 Å². The van der Waals surface area contributed by atoms with Gasteiger partial charge in [0.2, 0.25) is 0 Å². The van der Waals surface area contributed by atoms with E-state index in [2.05, 4.69) is 9.88 Å². The summed E-state index contributed by atoms with van der Waals surface area (Å²) in [4.78, 5) is 31.6. The van der Waals surface area contributed by atoms with Crippen molar-refractivity contribution in [3.8, 4) is 0 Å². The third-order valence-corrected chi connectivity index (χ3v) is 4.53. The second-order valence-corrected chi connectivity index (χ2v) is 6.07. The van der Waals surface area contributed by atoms with Crippen molar-refractivity contribution in [2.75, 3.05) is 32.8 Å². The van der Waals surface area contributed by atoms with Gasteiger partial charge in [0.1, 0.15) is 0 Å². The monoisotopic (exact) mass is 329 g/mol. The number of carbonyl (C=O) groups is 1. The lowest BCUT2D eigenvalue weighted by molar-refractivity contribution is 0.0775. The summed E-state index contributed by atoms with van der Waals surface area (Å²) in [5, 5.41) is 0.728. The summed E-state index contributed by atoms with van der Waals surface area (Å²) in [6, 6.07) is 7.59. The molecule has 128 valence electrons. The first kappa shape index (κ1) is 16.5. The van der Waals surface area contributed by atoms with Crippen molar-refractivity contribution >= 4 is 17.0 Å². The second kappa shape index (κ2) is 7.05. The maximum Gasteiger partial charge on any atom is 0.409 e. The molecule has 1 saturated heterocycles. The molecule has 1 aliphatic heterocycles. The van der Waals surface area contributed by atoms with Crippen molar-refractivity contribution in [3.63, 3.8) is 0 Å². The molecule has 0 saturated carbocycles. The van der Waals surface area contributed by atoms with Crippen molar-refractivity contribution in [1.29, 1.82) is 0 Å². The average molecular weight is 329 g/mol. The summed E-state index contributed by atoms with van der Waals surface area (Å²) >= 11 is 0. The molecule has 1 aliphatic rings. The van der Waals surface area contributed by atoms with Gasteiger partial charge >= 0.3 is 6.09 Å². The quantitative estimate of drug-likeness (QED) is 0.937. The Morgan fingerprint density at radius 3 is 2.62 bits per heavy atom. The van der Waals surface area contributed by atoms with Crippen LogP contribution in [0.4, 0.5) is 4.79 Å². The number of hydrogen-bond donors (Lipinski definition) is 1. The van der Waals surface area contributed by atoms with Crippen molar-refractivity contribution in [3.05, 3.63) is 45.7 Å². The van der Waals surface area contributed by atoms with E-state index in [4.69, 9.17) is 4.74 Å². The molecule has 0 spiro atoms. The molecule has 24 heavy (non-hydrogen) atoms. The van der Waals surface area contributed by atoms with Gasteiger partial charge in [-0.15, -0.1) is 0 Å². The molecule has 0 radical (unpaired) electrons. The van der Waals surface area contributed by atoms with Crippen molar-refractivity contribution in [1.82, 2.24) is 14.8 Å². The number of nitrogens with one attached hydrogen (secondary N) is 1. The highest BCUT2D eigenvalue weighted by Crippen LogP contribution is 2.14. The van der Waals surface area contributed by atoms with Gasteiger partial charge in [0.15, 0.2) is 5.43 Å². The summed E-state index contributed by atoms with van der Waals surface area (Å²) in [5.74, 6) is 0. The number of rotatable bonds is 3. The molecular weight excluding hydrogens is 306 g/mol. The number of pyridine rings is 1. The number of ether oxygens (including phenoxy) is 1. The highest BCUT2D eigenvalue weighted by molar-refractivity contribution is 5.79. The molecule has 0 aliphatic carbocycles. The fraction of sp³-hybridized carbons (Fsp3) is 0.444. The molecule has 0 atom stereocenters. The first-order valence-corrected chi connectivity index (χ1v) is 8.34. The number of H-pyrrole nitrogens is 1. The SMILES string of the molecule is CCOC(=O)N1CCN(Cc2[nH]c3ccccc3c(=O)c2C)CC1. The number of carbonyl (C=O) groups excluding carboxylic acids is 1. The Kier molecular flexibility index (Phi) is 4.85. The molecule has 1 amide bonds. The van der Waals surface area contributed by atoms with Gasteiger partial charge in [-0.3, -0.25) is 9.69 Å². The summed E-state index contributed by atoms with van der Waals surface area (Å²) in [6.07, 6.45) is -0.243. The van der Waals surface area contributed by atoms with Crippen LogP contribution in [0.3, 0.4) is 0 Å². The van der Waals surface area contributed by atoms with Gasteiger partial charge in [0.25, 0.3) is 0 Å². The lowest BCUT2D eigenvalue weighted by atomic mass is 10.1. The van der Waals surface area contributed by atoms with Crippen LogP contribution in [-0.4, -0.2) is 53.7 Å². The Labute approximate surface area is 141 Å². The molecule has 0 bridgehead atoms. The third-order valence-electron chi connectivity index (χ3n) is 4.53. The van der Waals surface area contributed by atoms with Crippen LogP contribution < -0.4 is 5.43 Å². The van der Waals surface area contributed by atoms with Crippen LogP contribution in [0.15, 0.2) is 29.1 Å². The van der Waals surface area contributed by atoms with Crippen LogP contribution in [0, 0.1) is 6.92 Å². The van der Waals surface area contributed by atoms with E-state index >= 15 is 0 Å². The zero-order chi connectivity index (χ0) is 17.1. The van der Waals surface area contributed by atoms with Gasteiger partial charge in [-0.05, 0) is 26.0 Å². The Balaban J connectivity index is 1.71. The predicted octanol–water partition coefficient (Wildman–Crippen LogP) is 2.11. The molecule has 1 aromatic heterocycles. The minimum absolute atomic E-state index is 0.0875. The Morgan fingerprint density at radius 2 is 1.92 bits per heavy atom. The number of piperazine rings is 1. The first-order chi connectivity index (χ1) is 11.6. The molecule has 1 fully saturated rings. The number of aromatic nitrogens is 1. The third kappa shape index (κ3) is 3.28. The number of aromatic amines is 1. The van der Waals surface area contributed by atoms with E-state index in [1.165, 1.54) is 0 Å². The molecule has 3 rings (SSSR count). The lowest BCUT2D eigenvalue weighted by Crippen LogP contribution is -2.48. The molecule has 1 aromatic carbocycles. The van der Waals surface area contributed by atoms with Crippen LogP contribution in [0.2, 0.25) is 0 Å². The lowest BCUT2D eigenvalue weighted by Gasteiger charge is -2.34. The van der Waals surface area contributed by atoms with Gasteiger partial charge in [-0.25, -0.2) is 4.79 Å². The van der Waals surface area contributed by atoms with E-state index in [0.717, 1.165) is 35.2 Å². The smallest absolute Gasteiger partial charge is 0.409 e. The number of para-hydroxylation sites is 1. The molecule has 0 unspecified atom stereocenters. The highest BCUT2D eigenvalue weighted by Gasteiger charge is 2.22. The van der Waals surface area contributed by atoms with E-state index in [0.29, 0.717) is 26.2 Å². The largest absolute Gasteiger partial charge is 0.450 e. The fourth-order valence-electron chi connectivity index (χ4n) is 3.07. The standard InChI is InChI=1S/C18H23N3O3/c1-3-24-18(23)21-10-8-20(9-11-21)12-16-13(2)17(22)14-6-4-5-7-15(14)19-16/h4-7H,3,8-12H2,1-2H3,(H,19,22). The highest BCUT2D eigenvalue weighted by atomic mass is 16.6. The van der Waals surface area contributed by atoms with Crippen LogP contribution in [0.1, 0.15) is 18.2 Å². The normalized spacial score (nSPS) is 15.7. The van der Waals surface area contributed by atoms with Crippen LogP contribution in [-0.2, 0) is 11.3 Å². The summed E-state index contributed by atoms with van der Waals surface area (Å²) < 4.78 is 5.04. The number of nitrogens with zero attached hydrogens (tertiary/aromatic N) is 2. The van der Waals surface area contributed by atoms with E-state index < -0.39 is 0 Å². The van der Waals surface area contributed by atoms with Crippen LogP contribution >= 0.6 is 0 Å². The topological polar surface area (TPSA) is 65.6 Å². The number of fused-ring (bicyclic) bond motifs is 1. The van der Waals surface area contributed by atoms with Crippen molar-refractivity contribution in [2.45, 2.75) is 20.4 Å². The Hall–Kier alpha value is -2.34. The maximum absolute atomic E-state index is 12.5. The minimum atomic E-state index is -0.243. The average Bonchev–Trinajstić information content (AvgIpc) is 2.60. The van der Waals surface area contributed by atoms with Gasteiger partial charge < -0.3 is 14.6 Å². The maximum atomic E-state index is 12.5. The number of benzene rings is 1. The van der Waals surface area contributed by atoms with Gasteiger partial charge in [0, 0.05) is 54.9 Å². The van der Waals surface area contributed by atoms with E-state index in [1.54, 1.807) is 4.90 Å². The summed E-state index contributed by atoms with van der Waals surface area (Å²) in [6.45, 7) is 7.60. The summed E-state index contributed by atoms with van der Waals surface area (Å²) in [5.41, 5.74) is 2.67. The molecule has 6 nitrogen and oxygen atoms in total. The zero-order valence-electron chi connectivity index (χ0n) is 14.2. The molecular formula is C18H23N3O3. The van der Waals surface area contributed by atoms with Crippen LogP contribution in [0.5, 0.6) is 0 Å².